The van der Waals surface area contributed by atoms with E-state index in [1.807, 2.05) is 0 Å². The van der Waals surface area contributed by atoms with E-state index in [9.17, 15) is 0 Å². The number of hydrogen-bond donors (Lipinski definition) is 0. The summed E-state index contributed by atoms with van der Waals surface area (Å²) in [6, 6.07) is 21.4. The molecule has 0 aliphatic rings. The summed E-state index contributed by atoms with van der Waals surface area (Å²) in [5.74, 6) is 0. The molecule has 25 heavy (non-hydrogen) atoms. The monoisotopic (exact) mass is 345 g/mol. The number of rotatable bonds is 5. The highest BCUT2D eigenvalue weighted by Crippen LogP contribution is 2.33. The molecule has 0 spiro atoms. The van der Waals surface area contributed by atoms with Gasteiger partial charge in [0.05, 0.1) is 0 Å². The third-order valence-corrected chi connectivity index (χ3v) is 5.32. The molecule has 0 amide bonds. The Kier molecular flexibility index (Phi) is 5.30. The summed E-state index contributed by atoms with van der Waals surface area (Å²) in [7, 11) is 4.10. The van der Waals surface area contributed by atoms with Gasteiger partial charge in [-0.3, -0.25) is 0 Å². The van der Waals surface area contributed by atoms with Crippen LogP contribution in [0.1, 0.15) is 11.1 Å². The fourth-order valence-corrected chi connectivity index (χ4v) is 3.58. The van der Waals surface area contributed by atoms with Crippen LogP contribution >= 0.6 is 11.8 Å². The number of nitrogens with zero attached hydrogens (tertiary/aromatic N) is 1. The molecule has 3 rings (SSSR count). The van der Waals surface area contributed by atoms with E-state index >= 15 is 0 Å². The van der Waals surface area contributed by atoms with Crippen molar-refractivity contribution in [3.05, 3.63) is 89.4 Å². The topological polar surface area (TPSA) is 3.24 Å². The third-order valence-electron chi connectivity index (χ3n) is 4.26. The van der Waals surface area contributed by atoms with Crippen LogP contribution in [0.4, 0.5) is 5.69 Å². The Balaban J connectivity index is 1.73. The van der Waals surface area contributed by atoms with Gasteiger partial charge in [0, 0.05) is 29.6 Å². The van der Waals surface area contributed by atoms with Crippen molar-refractivity contribution in [2.45, 2.75) is 11.8 Å². The smallest absolute Gasteiger partial charge is 0.0361 e. The molecule has 0 atom stereocenters. The van der Waals surface area contributed by atoms with E-state index in [1.54, 1.807) is 11.8 Å². The molecule has 0 aliphatic heterocycles. The highest BCUT2D eigenvalue weighted by Gasteiger charge is 2.04. The lowest BCUT2D eigenvalue weighted by molar-refractivity contribution is 1.13. The molecule has 0 heterocycles. The minimum absolute atomic E-state index is 1.04. The van der Waals surface area contributed by atoms with Crippen molar-refractivity contribution in [2.75, 3.05) is 19.0 Å². The van der Waals surface area contributed by atoms with Crippen molar-refractivity contribution in [3.63, 3.8) is 0 Å². The summed E-state index contributed by atoms with van der Waals surface area (Å²) < 4.78 is 0. The lowest BCUT2D eigenvalue weighted by Crippen LogP contribution is -2.07. The maximum atomic E-state index is 4.20. The Morgan fingerprint density at radius 3 is 2.40 bits per heavy atom. The second kappa shape index (κ2) is 7.62. The number of fused-ring (bicyclic) bond motifs is 1. The lowest BCUT2D eigenvalue weighted by atomic mass is 10.1. The predicted octanol–water partition coefficient (Wildman–Crippen LogP) is 6.53. The van der Waals surface area contributed by atoms with Crippen LogP contribution in [0.15, 0.2) is 83.1 Å². The Morgan fingerprint density at radius 2 is 1.68 bits per heavy atom. The minimum Gasteiger partial charge on any atom is -0.378 e. The van der Waals surface area contributed by atoms with Gasteiger partial charge < -0.3 is 4.90 Å². The van der Waals surface area contributed by atoms with Gasteiger partial charge in [0.25, 0.3) is 0 Å². The Bertz CT molecular complexity index is 920. The van der Waals surface area contributed by atoms with E-state index in [1.165, 1.54) is 32.5 Å². The molecule has 126 valence electrons. The van der Waals surface area contributed by atoms with E-state index in [4.69, 9.17) is 0 Å². The zero-order valence-corrected chi connectivity index (χ0v) is 15.8. The number of hydrogen-bond acceptors (Lipinski definition) is 2. The van der Waals surface area contributed by atoms with E-state index in [2.05, 4.69) is 105 Å². The molecule has 2 heteroatoms. The summed E-state index contributed by atoms with van der Waals surface area (Å²) in [4.78, 5) is 4.40. The summed E-state index contributed by atoms with van der Waals surface area (Å²) in [5, 5.41) is 2.59. The zero-order chi connectivity index (χ0) is 17.8. The molecule has 3 aromatic carbocycles. The lowest BCUT2D eigenvalue weighted by Gasteiger charge is -2.12. The number of allylic oxidation sites excluding steroid dienone is 1. The number of anilines is 1. The number of thioether (sulfide) groups is 1. The van der Waals surface area contributed by atoms with Gasteiger partial charge in [-0.2, -0.15) is 0 Å². The molecule has 0 saturated carbocycles. The summed E-state index contributed by atoms with van der Waals surface area (Å²) in [5.41, 5.74) is 3.70. The maximum absolute atomic E-state index is 4.20. The van der Waals surface area contributed by atoms with Gasteiger partial charge in [-0.15, -0.1) is 0 Å². The Hall–Kier alpha value is -2.45. The van der Waals surface area contributed by atoms with Gasteiger partial charge in [-0.1, -0.05) is 66.9 Å². The molecule has 0 unspecified atom stereocenters. The van der Waals surface area contributed by atoms with E-state index in [-0.39, 0.29) is 0 Å². The standard InChI is InChI=1S/C23H23NS/c1-17(9-10-19-11-14-21(15-12-19)24(3)4)25-23-16-13-20-7-5-6-8-22(20)18(23)2/h5-16H,1H2,2-4H3/b10-9+. The number of aryl methyl sites for hydroxylation is 1. The average Bonchev–Trinajstić information content (AvgIpc) is 2.63. The van der Waals surface area contributed by atoms with Crippen molar-refractivity contribution in [1.82, 2.24) is 0 Å². The molecule has 0 aliphatic carbocycles. The molecule has 3 aromatic rings. The molecule has 0 fully saturated rings. The summed E-state index contributed by atoms with van der Waals surface area (Å²) in [6.07, 6.45) is 4.20. The molecule has 1 nitrogen and oxygen atoms in total. The van der Waals surface area contributed by atoms with Crippen LogP contribution in [0.5, 0.6) is 0 Å². The van der Waals surface area contributed by atoms with Crippen molar-refractivity contribution in [2.24, 2.45) is 0 Å². The molecule has 0 radical (unpaired) electrons. The highest BCUT2D eigenvalue weighted by molar-refractivity contribution is 8.03. The van der Waals surface area contributed by atoms with Crippen molar-refractivity contribution < 1.29 is 0 Å². The van der Waals surface area contributed by atoms with Crippen LogP contribution in [-0.2, 0) is 0 Å². The largest absolute Gasteiger partial charge is 0.378 e. The third kappa shape index (κ3) is 4.15. The Morgan fingerprint density at radius 1 is 0.960 bits per heavy atom. The van der Waals surface area contributed by atoms with E-state index in [0.717, 1.165) is 4.91 Å². The highest BCUT2D eigenvalue weighted by atomic mass is 32.2. The van der Waals surface area contributed by atoms with Crippen LogP contribution in [0.25, 0.3) is 16.8 Å². The molecule has 0 aromatic heterocycles. The zero-order valence-electron chi connectivity index (χ0n) is 15.0. The predicted molar refractivity (Wildman–Crippen MR) is 113 cm³/mol. The van der Waals surface area contributed by atoms with Crippen molar-refractivity contribution in [3.8, 4) is 0 Å². The Labute approximate surface area is 154 Å². The van der Waals surface area contributed by atoms with Gasteiger partial charge in [0.2, 0.25) is 0 Å². The fraction of sp³-hybridized carbons (Fsp3) is 0.130. The molecule has 0 bridgehead atoms. The maximum Gasteiger partial charge on any atom is 0.0361 e. The number of benzene rings is 3. The first kappa shape index (κ1) is 17.4. The first-order valence-corrected chi connectivity index (χ1v) is 9.17. The summed E-state index contributed by atoms with van der Waals surface area (Å²) in [6.45, 7) is 6.38. The molecule has 0 N–H and O–H groups in total. The molecular weight excluding hydrogens is 322 g/mol. The van der Waals surface area contributed by atoms with Crippen LogP contribution in [0.3, 0.4) is 0 Å². The van der Waals surface area contributed by atoms with Crippen molar-refractivity contribution >= 4 is 34.3 Å². The quantitative estimate of drug-likeness (QED) is 0.382. The van der Waals surface area contributed by atoms with Crippen LogP contribution in [-0.4, -0.2) is 14.1 Å². The molecule has 0 saturated heterocycles. The summed E-state index contributed by atoms with van der Waals surface area (Å²) >= 11 is 1.72. The minimum atomic E-state index is 1.04. The van der Waals surface area contributed by atoms with Gasteiger partial charge >= 0.3 is 0 Å². The SMILES string of the molecule is C=C(/C=C/c1ccc(N(C)C)cc1)Sc1ccc2ccccc2c1C. The van der Waals surface area contributed by atoms with Gasteiger partial charge in [0.15, 0.2) is 0 Å². The van der Waals surface area contributed by atoms with Crippen LogP contribution < -0.4 is 4.90 Å². The van der Waals surface area contributed by atoms with Gasteiger partial charge in [-0.05, 0) is 53.1 Å². The van der Waals surface area contributed by atoms with Gasteiger partial charge in [-0.25, -0.2) is 0 Å². The fourth-order valence-electron chi connectivity index (χ4n) is 2.77. The molecular formula is C23H23NS. The first-order chi connectivity index (χ1) is 12.0. The average molecular weight is 346 g/mol. The van der Waals surface area contributed by atoms with Crippen molar-refractivity contribution in [1.29, 1.82) is 0 Å². The normalized spacial score (nSPS) is 11.2. The van der Waals surface area contributed by atoms with Crippen LogP contribution in [0, 0.1) is 6.92 Å². The second-order valence-corrected chi connectivity index (χ2v) is 7.47. The van der Waals surface area contributed by atoms with Gasteiger partial charge in [0.1, 0.15) is 0 Å². The van der Waals surface area contributed by atoms with E-state index in [0.29, 0.717) is 0 Å². The van der Waals surface area contributed by atoms with E-state index < -0.39 is 0 Å². The second-order valence-electron chi connectivity index (χ2n) is 6.30. The first-order valence-electron chi connectivity index (χ1n) is 8.35. The van der Waals surface area contributed by atoms with Crippen LogP contribution in [0.2, 0.25) is 0 Å².